The molecule has 1 heterocycles. The molecule has 116 valence electrons. The fraction of sp³-hybridized carbons (Fsp3) is 0.667. The first-order valence-electron chi connectivity index (χ1n) is 7.32. The number of aromatic nitrogens is 2. The lowest BCUT2D eigenvalue weighted by Gasteiger charge is -2.20. The molecule has 0 aromatic carbocycles. The van der Waals surface area contributed by atoms with E-state index in [2.05, 4.69) is 27.6 Å². The van der Waals surface area contributed by atoms with E-state index in [1.165, 1.54) is 0 Å². The highest BCUT2D eigenvalue weighted by molar-refractivity contribution is 5.68. The first-order chi connectivity index (χ1) is 9.83. The van der Waals surface area contributed by atoms with Gasteiger partial charge in [0.15, 0.2) is 5.82 Å². The van der Waals surface area contributed by atoms with Crippen molar-refractivity contribution in [2.75, 3.05) is 0 Å². The van der Waals surface area contributed by atoms with Crippen molar-refractivity contribution in [1.29, 1.82) is 0 Å². The van der Waals surface area contributed by atoms with Gasteiger partial charge >= 0.3 is 6.09 Å². The van der Waals surface area contributed by atoms with Gasteiger partial charge in [0.1, 0.15) is 5.60 Å². The largest absolute Gasteiger partial charge is 0.444 e. The Morgan fingerprint density at radius 1 is 1.57 bits per heavy atom. The molecule has 6 nitrogen and oxygen atoms in total. The molecule has 0 saturated carbocycles. The lowest BCUT2D eigenvalue weighted by atomic mass is 10.1. The molecule has 2 atom stereocenters. The van der Waals surface area contributed by atoms with Crippen LogP contribution < -0.4 is 5.32 Å². The summed E-state index contributed by atoms with van der Waals surface area (Å²) in [4.78, 5) is 16.0. The fourth-order valence-corrected chi connectivity index (χ4v) is 2.17. The van der Waals surface area contributed by atoms with Gasteiger partial charge in [0.05, 0.1) is 6.04 Å². The van der Waals surface area contributed by atoms with Crippen molar-refractivity contribution in [3.05, 3.63) is 23.9 Å². The number of hydrogen-bond acceptors (Lipinski definition) is 5. The first kappa shape index (κ1) is 15.5. The predicted molar refractivity (Wildman–Crippen MR) is 77.7 cm³/mol. The number of allylic oxidation sites excluding steroid dienone is 2. The Kier molecular flexibility index (Phi) is 4.65. The summed E-state index contributed by atoms with van der Waals surface area (Å²) in [5.74, 6) is 1.56. The normalized spacial score (nSPS) is 19.5. The van der Waals surface area contributed by atoms with E-state index in [1.54, 1.807) is 6.92 Å². The topological polar surface area (TPSA) is 77.2 Å². The Balaban J connectivity index is 1.87. The SMILES string of the molecule is C[C@H](NC(=O)OC(C)(C)C)c1noc(C[C@@H]2C=CCC2)n1. The van der Waals surface area contributed by atoms with E-state index in [9.17, 15) is 4.79 Å². The van der Waals surface area contributed by atoms with Crippen LogP contribution in [0.25, 0.3) is 0 Å². The van der Waals surface area contributed by atoms with E-state index in [0.29, 0.717) is 17.6 Å². The van der Waals surface area contributed by atoms with Crippen LogP contribution in [0.3, 0.4) is 0 Å². The van der Waals surface area contributed by atoms with Crippen molar-refractivity contribution in [3.63, 3.8) is 0 Å². The Bertz CT molecular complexity index is 516. The third-order valence-electron chi connectivity index (χ3n) is 3.15. The average Bonchev–Trinajstić information content (AvgIpc) is 2.98. The fourth-order valence-electron chi connectivity index (χ4n) is 2.17. The molecule has 6 heteroatoms. The minimum absolute atomic E-state index is 0.350. The molecule has 0 spiro atoms. The lowest BCUT2D eigenvalue weighted by molar-refractivity contribution is 0.0505. The minimum Gasteiger partial charge on any atom is -0.444 e. The highest BCUT2D eigenvalue weighted by Crippen LogP contribution is 2.21. The second-order valence-electron chi connectivity index (χ2n) is 6.38. The van der Waals surface area contributed by atoms with Crippen molar-refractivity contribution < 1.29 is 14.1 Å². The van der Waals surface area contributed by atoms with E-state index in [-0.39, 0.29) is 6.04 Å². The highest BCUT2D eigenvalue weighted by atomic mass is 16.6. The monoisotopic (exact) mass is 293 g/mol. The number of alkyl carbamates (subject to hydrolysis) is 1. The molecule has 21 heavy (non-hydrogen) atoms. The maximum absolute atomic E-state index is 11.7. The summed E-state index contributed by atoms with van der Waals surface area (Å²) in [6.45, 7) is 7.25. The van der Waals surface area contributed by atoms with E-state index >= 15 is 0 Å². The molecule has 1 aliphatic carbocycles. The van der Waals surface area contributed by atoms with Crippen LogP contribution in [0.2, 0.25) is 0 Å². The third-order valence-corrected chi connectivity index (χ3v) is 3.15. The second-order valence-corrected chi connectivity index (χ2v) is 6.38. The molecule has 0 saturated heterocycles. The maximum atomic E-state index is 11.7. The summed E-state index contributed by atoms with van der Waals surface area (Å²) in [6, 6.07) is -0.350. The molecule has 1 amide bonds. The van der Waals surface area contributed by atoms with Gasteiger partial charge in [-0.05, 0) is 46.5 Å². The molecule has 0 fully saturated rings. The minimum atomic E-state index is -0.527. The Hall–Kier alpha value is -1.85. The van der Waals surface area contributed by atoms with E-state index in [4.69, 9.17) is 9.26 Å². The first-order valence-corrected chi connectivity index (χ1v) is 7.32. The maximum Gasteiger partial charge on any atom is 0.408 e. The summed E-state index contributed by atoms with van der Waals surface area (Å²) >= 11 is 0. The van der Waals surface area contributed by atoms with Crippen molar-refractivity contribution in [2.24, 2.45) is 5.92 Å². The zero-order valence-corrected chi connectivity index (χ0v) is 13.0. The number of hydrogen-bond donors (Lipinski definition) is 1. The molecular weight excluding hydrogens is 270 g/mol. The van der Waals surface area contributed by atoms with E-state index in [0.717, 1.165) is 19.3 Å². The van der Waals surface area contributed by atoms with Gasteiger partial charge in [-0.25, -0.2) is 4.79 Å². The second kappa shape index (κ2) is 6.28. The van der Waals surface area contributed by atoms with Crippen LogP contribution in [0.15, 0.2) is 16.7 Å². The summed E-state index contributed by atoms with van der Waals surface area (Å²) < 4.78 is 10.4. The smallest absolute Gasteiger partial charge is 0.408 e. The Morgan fingerprint density at radius 3 is 2.95 bits per heavy atom. The van der Waals surface area contributed by atoms with Crippen LogP contribution in [-0.2, 0) is 11.2 Å². The lowest BCUT2D eigenvalue weighted by Crippen LogP contribution is -2.34. The van der Waals surface area contributed by atoms with Gasteiger partial charge in [-0.1, -0.05) is 17.3 Å². The molecule has 1 aromatic rings. The summed E-state index contributed by atoms with van der Waals surface area (Å²) in [5.41, 5.74) is -0.527. The van der Waals surface area contributed by atoms with Crippen LogP contribution in [-0.4, -0.2) is 21.8 Å². The van der Waals surface area contributed by atoms with Crippen LogP contribution in [0, 0.1) is 5.92 Å². The average molecular weight is 293 g/mol. The van der Waals surface area contributed by atoms with E-state index in [1.807, 2.05) is 20.8 Å². The number of carbonyl (C=O) groups is 1. The van der Waals surface area contributed by atoms with Crippen LogP contribution in [0.5, 0.6) is 0 Å². The Morgan fingerprint density at radius 2 is 2.33 bits per heavy atom. The summed E-state index contributed by atoms with van der Waals surface area (Å²) in [5, 5.41) is 6.63. The number of rotatable bonds is 4. The zero-order valence-electron chi connectivity index (χ0n) is 13.0. The molecule has 0 radical (unpaired) electrons. The number of nitrogens with one attached hydrogen (secondary N) is 1. The third kappa shape index (κ3) is 4.88. The molecule has 0 bridgehead atoms. The molecule has 0 aliphatic heterocycles. The molecule has 1 aliphatic rings. The number of nitrogens with zero attached hydrogens (tertiary/aromatic N) is 2. The zero-order chi connectivity index (χ0) is 15.5. The van der Waals surface area contributed by atoms with Crippen LogP contribution in [0.4, 0.5) is 4.79 Å². The number of ether oxygens (including phenoxy) is 1. The van der Waals surface area contributed by atoms with E-state index < -0.39 is 11.7 Å². The summed E-state index contributed by atoms with van der Waals surface area (Å²) in [7, 11) is 0. The van der Waals surface area contributed by atoms with Gasteiger partial charge in [0.2, 0.25) is 5.89 Å². The van der Waals surface area contributed by atoms with Crippen LogP contribution in [0.1, 0.15) is 58.3 Å². The number of amides is 1. The van der Waals surface area contributed by atoms with Gasteiger partial charge in [0, 0.05) is 6.42 Å². The quantitative estimate of drug-likeness (QED) is 0.863. The molecular formula is C15H23N3O3. The van der Waals surface area contributed by atoms with Crippen molar-refractivity contribution in [3.8, 4) is 0 Å². The predicted octanol–water partition coefficient (Wildman–Crippen LogP) is 3.16. The van der Waals surface area contributed by atoms with Gasteiger partial charge in [-0.15, -0.1) is 0 Å². The van der Waals surface area contributed by atoms with Gasteiger partial charge in [0.25, 0.3) is 0 Å². The summed E-state index contributed by atoms with van der Waals surface area (Å²) in [6.07, 6.45) is 6.87. The molecule has 0 unspecified atom stereocenters. The molecule has 1 N–H and O–H groups in total. The Labute approximate surface area is 124 Å². The molecule has 2 rings (SSSR count). The van der Waals surface area contributed by atoms with Crippen molar-refractivity contribution in [2.45, 2.75) is 58.6 Å². The standard InChI is InChI=1S/C15H23N3O3/c1-10(16-14(19)20-15(2,3)4)13-17-12(21-18-13)9-11-7-5-6-8-11/h5,7,10-11H,6,8-9H2,1-4H3,(H,16,19)/t10-,11+/m0/s1. The number of carbonyl (C=O) groups excluding carboxylic acids is 1. The van der Waals surface area contributed by atoms with Gasteiger partial charge in [-0.3, -0.25) is 0 Å². The molecule has 1 aromatic heterocycles. The van der Waals surface area contributed by atoms with Gasteiger partial charge in [-0.2, -0.15) is 4.98 Å². The van der Waals surface area contributed by atoms with Gasteiger partial charge < -0.3 is 14.6 Å². The highest BCUT2D eigenvalue weighted by Gasteiger charge is 2.22. The van der Waals surface area contributed by atoms with Crippen LogP contribution >= 0.6 is 0 Å². The van der Waals surface area contributed by atoms with Crippen molar-refractivity contribution in [1.82, 2.24) is 15.5 Å². The van der Waals surface area contributed by atoms with Crippen molar-refractivity contribution >= 4 is 6.09 Å².